The zero-order valence-electron chi connectivity index (χ0n) is 15.7. The van der Waals surface area contributed by atoms with Crippen LogP contribution in [0.15, 0.2) is 0 Å². The van der Waals surface area contributed by atoms with E-state index in [1.807, 2.05) is 18.3 Å². The van der Waals surface area contributed by atoms with E-state index in [0.29, 0.717) is 26.2 Å². The molecule has 1 saturated heterocycles. The molecule has 2 aromatic heterocycles. The molecule has 4 rings (SSSR count). The van der Waals surface area contributed by atoms with E-state index in [-0.39, 0.29) is 5.75 Å². The predicted molar refractivity (Wildman–Crippen MR) is 107 cm³/mol. The maximum absolute atomic E-state index is 12.1. The van der Waals surface area contributed by atoms with Gasteiger partial charge < -0.3 is 4.90 Å². The minimum Gasteiger partial charge on any atom is -0.353 e. The lowest BCUT2D eigenvalue weighted by atomic mass is 9.89. The predicted octanol–water partition coefficient (Wildman–Crippen LogP) is 2.60. The van der Waals surface area contributed by atoms with Crippen molar-refractivity contribution in [1.82, 2.24) is 14.3 Å². The fourth-order valence-electron chi connectivity index (χ4n) is 4.02. The molecular weight excluding hydrogens is 368 g/mol. The van der Waals surface area contributed by atoms with Crippen LogP contribution in [0.25, 0.3) is 10.2 Å². The van der Waals surface area contributed by atoms with Crippen LogP contribution in [-0.4, -0.2) is 54.6 Å². The summed E-state index contributed by atoms with van der Waals surface area (Å²) in [6, 6.07) is 0. The molecule has 2 aromatic rings. The molecule has 8 heteroatoms. The molecule has 0 bridgehead atoms. The van der Waals surface area contributed by atoms with Gasteiger partial charge in [0.25, 0.3) is 0 Å². The van der Waals surface area contributed by atoms with Gasteiger partial charge in [0.05, 0.1) is 11.1 Å². The van der Waals surface area contributed by atoms with Crippen molar-refractivity contribution in [3.8, 4) is 0 Å². The van der Waals surface area contributed by atoms with Crippen LogP contribution in [0.2, 0.25) is 0 Å². The van der Waals surface area contributed by atoms with Gasteiger partial charge in [-0.05, 0) is 44.6 Å². The van der Waals surface area contributed by atoms with Crippen molar-refractivity contribution >= 4 is 37.4 Å². The van der Waals surface area contributed by atoms with Crippen molar-refractivity contribution in [2.24, 2.45) is 5.92 Å². The van der Waals surface area contributed by atoms with Gasteiger partial charge in [-0.1, -0.05) is 6.92 Å². The van der Waals surface area contributed by atoms with Gasteiger partial charge >= 0.3 is 0 Å². The van der Waals surface area contributed by atoms with Gasteiger partial charge in [-0.15, -0.1) is 11.3 Å². The van der Waals surface area contributed by atoms with Gasteiger partial charge in [-0.25, -0.2) is 18.4 Å². The van der Waals surface area contributed by atoms with Gasteiger partial charge in [-0.3, -0.25) is 0 Å². The molecular formula is C18H26N4O2S2. The quantitative estimate of drug-likeness (QED) is 0.801. The topological polar surface area (TPSA) is 66.4 Å². The van der Waals surface area contributed by atoms with E-state index < -0.39 is 10.0 Å². The Morgan fingerprint density at radius 2 is 1.92 bits per heavy atom. The Morgan fingerprint density at radius 1 is 1.19 bits per heavy atom. The molecule has 3 heterocycles. The average Bonchev–Trinajstić information content (AvgIpc) is 2.98. The number of nitrogens with zero attached hydrogens (tertiary/aromatic N) is 4. The van der Waals surface area contributed by atoms with Gasteiger partial charge in [0.15, 0.2) is 0 Å². The van der Waals surface area contributed by atoms with Crippen LogP contribution in [0.5, 0.6) is 0 Å². The highest BCUT2D eigenvalue weighted by atomic mass is 32.2. The summed E-state index contributed by atoms with van der Waals surface area (Å²) in [7, 11) is -3.11. The summed E-state index contributed by atoms with van der Waals surface area (Å²) in [4.78, 5) is 14.3. The SMILES string of the molecule is CCS(=O)(=O)N1CCN(c2nc(C)nc3sc4c(c23)CCC(C)C4)CC1. The molecule has 1 unspecified atom stereocenters. The molecule has 142 valence electrons. The first-order valence-corrected chi connectivity index (χ1v) is 11.8. The summed E-state index contributed by atoms with van der Waals surface area (Å²) >= 11 is 1.82. The van der Waals surface area contributed by atoms with Gasteiger partial charge in [0, 0.05) is 31.1 Å². The maximum atomic E-state index is 12.1. The fourth-order valence-corrected chi connectivity index (χ4v) is 6.52. The van der Waals surface area contributed by atoms with E-state index in [1.165, 1.54) is 22.2 Å². The minimum atomic E-state index is -3.11. The zero-order valence-corrected chi connectivity index (χ0v) is 17.3. The normalized spacial score (nSPS) is 22.0. The highest BCUT2D eigenvalue weighted by Gasteiger charge is 2.29. The highest BCUT2D eigenvalue weighted by molar-refractivity contribution is 7.89. The summed E-state index contributed by atoms with van der Waals surface area (Å²) in [5, 5.41) is 1.22. The molecule has 1 atom stereocenters. The van der Waals surface area contributed by atoms with Crippen molar-refractivity contribution in [1.29, 1.82) is 0 Å². The number of fused-ring (bicyclic) bond motifs is 3. The van der Waals surface area contributed by atoms with Crippen LogP contribution >= 0.6 is 11.3 Å². The average molecular weight is 395 g/mol. The third-order valence-electron chi connectivity index (χ3n) is 5.54. The number of anilines is 1. The Balaban J connectivity index is 1.69. The number of sulfonamides is 1. The Hall–Kier alpha value is -1.25. The standard InChI is InChI=1S/C18H26N4O2S2/c1-4-26(23,24)22-9-7-21(8-10-22)17-16-14-6-5-12(2)11-15(14)25-18(16)20-13(3)19-17/h12H,4-11H2,1-3H3. The first-order chi connectivity index (χ1) is 12.4. The molecule has 0 radical (unpaired) electrons. The molecule has 6 nitrogen and oxygen atoms in total. The lowest BCUT2D eigenvalue weighted by molar-refractivity contribution is 0.384. The van der Waals surface area contributed by atoms with E-state index in [4.69, 9.17) is 9.97 Å². The van der Waals surface area contributed by atoms with E-state index in [0.717, 1.165) is 35.2 Å². The Kier molecular flexibility index (Phi) is 4.69. The van der Waals surface area contributed by atoms with Crippen molar-refractivity contribution < 1.29 is 8.42 Å². The lowest BCUT2D eigenvalue weighted by Gasteiger charge is -2.35. The van der Waals surface area contributed by atoms with Crippen molar-refractivity contribution in [3.05, 3.63) is 16.3 Å². The van der Waals surface area contributed by atoms with Crippen LogP contribution in [0.4, 0.5) is 5.82 Å². The molecule has 0 saturated carbocycles. The summed E-state index contributed by atoms with van der Waals surface area (Å²) in [5.41, 5.74) is 1.43. The van der Waals surface area contributed by atoms with E-state index in [9.17, 15) is 8.42 Å². The van der Waals surface area contributed by atoms with Crippen LogP contribution in [-0.2, 0) is 22.9 Å². The number of aromatic nitrogens is 2. The summed E-state index contributed by atoms with van der Waals surface area (Å²) in [6.07, 6.45) is 3.45. The van der Waals surface area contributed by atoms with Crippen LogP contribution in [0.1, 0.15) is 36.5 Å². The van der Waals surface area contributed by atoms with Gasteiger partial charge in [-0.2, -0.15) is 4.31 Å². The number of hydrogen-bond acceptors (Lipinski definition) is 6. The lowest BCUT2D eigenvalue weighted by Crippen LogP contribution is -2.49. The Morgan fingerprint density at radius 3 is 2.62 bits per heavy atom. The molecule has 1 aliphatic carbocycles. The molecule has 0 spiro atoms. The number of aryl methyl sites for hydroxylation is 2. The molecule has 26 heavy (non-hydrogen) atoms. The molecule has 0 aromatic carbocycles. The van der Waals surface area contributed by atoms with Crippen molar-refractivity contribution in [2.45, 2.75) is 40.0 Å². The Labute approximate surface area is 159 Å². The van der Waals surface area contributed by atoms with Crippen LogP contribution in [0, 0.1) is 12.8 Å². The molecule has 2 aliphatic rings. The van der Waals surface area contributed by atoms with Gasteiger partial charge in [0.1, 0.15) is 16.5 Å². The first-order valence-electron chi connectivity index (χ1n) is 9.40. The van der Waals surface area contributed by atoms with E-state index in [1.54, 1.807) is 11.2 Å². The first kappa shape index (κ1) is 18.1. The highest BCUT2D eigenvalue weighted by Crippen LogP contribution is 2.41. The molecule has 1 fully saturated rings. The number of rotatable bonds is 3. The molecule has 0 amide bonds. The molecule has 0 N–H and O–H groups in total. The zero-order chi connectivity index (χ0) is 18.5. The van der Waals surface area contributed by atoms with Crippen molar-refractivity contribution in [3.63, 3.8) is 0 Å². The number of hydrogen-bond donors (Lipinski definition) is 0. The Bertz CT molecular complexity index is 930. The third kappa shape index (κ3) is 3.12. The second kappa shape index (κ2) is 6.73. The van der Waals surface area contributed by atoms with E-state index >= 15 is 0 Å². The van der Waals surface area contributed by atoms with Crippen molar-refractivity contribution in [2.75, 3.05) is 36.8 Å². The minimum absolute atomic E-state index is 0.167. The summed E-state index contributed by atoms with van der Waals surface area (Å²) < 4.78 is 25.9. The van der Waals surface area contributed by atoms with Crippen LogP contribution in [0.3, 0.4) is 0 Å². The summed E-state index contributed by atoms with van der Waals surface area (Å²) in [6.45, 7) is 8.41. The second-order valence-corrected chi connectivity index (χ2v) is 10.8. The maximum Gasteiger partial charge on any atom is 0.213 e. The number of piperazine rings is 1. The second-order valence-electron chi connectivity index (χ2n) is 7.41. The fraction of sp³-hybridized carbons (Fsp3) is 0.667. The van der Waals surface area contributed by atoms with Gasteiger partial charge in [0.2, 0.25) is 10.0 Å². The number of thiophene rings is 1. The van der Waals surface area contributed by atoms with Crippen LogP contribution < -0.4 is 4.90 Å². The van der Waals surface area contributed by atoms with E-state index in [2.05, 4.69) is 11.8 Å². The summed E-state index contributed by atoms with van der Waals surface area (Å²) in [5.74, 6) is 2.70. The molecule has 1 aliphatic heterocycles. The third-order valence-corrected chi connectivity index (χ3v) is 8.57. The largest absolute Gasteiger partial charge is 0.353 e. The smallest absolute Gasteiger partial charge is 0.213 e. The monoisotopic (exact) mass is 394 g/mol.